The number of hydrogen-bond acceptors (Lipinski definition) is 4. The lowest BCUT2D eigenvalue weighted by Crippen LogP contribution is -2.40. The lowest BCUT2D eigenvalue weighted by atomic mass is 10.2. The molecule has 0 radical (unpaired) electrons. The van der Waals surface area contributed by atoms with E-state index in [-0.39, 0.29) is 5.78 Å². The summed E-state index contributed by atoms with van der Waals surface area (Å²) in [6.07, 6.45) is 2.44. The van der Waals surface area contributed by atoms with E-state index in [0.29, 0.717) is 12.6 Å². The molecule has 0 aromatic carbocycles. The van der Waals surface area contributed by atoms with Gasteiger partial charge in [0.2, 0.25) is 0 Å². The van der Waals surface area contributed by atoms with E-state index in [9.17, 15) is 4.79 Å². The highest BCUT2D eigenvalue weighted by atomic mass is 32.1. The van der Waals surface area contributed by atoms with Crippen LogP contribution in [0.3, 0.4) is 0 Å². The minimum Gasteiger partial charge on any atom is -0.308 e. The summed E-state index contributed by atoms with van der Waals surface area (Å²) in [5.74, 6) is 0.269. The predicted molar refractivity (Wildman–Crippen MR) is 71.8 cm³/mol. The summed E-state index contributed by atoms with van der Waals surface area (Å²) < 4.78 is 0. The second-order valence-electron chi connectivity index (χ2n) is 4.93. The summed E-state index contributed by atoms with van der Waals surface area (Å²) in [4.78, 5) is 17.5. The summed E-state index contributed by atoms with van der Waals surface area (Å²) in [5.41, 5.74) is 0. The minimum absolute atomic E-state index is 0.269. The molecule has 1 aromatic heterocycles. The van der Waals surface area contributed by atoms with Crippen LogP contribution < -0.4 is 0 Å². The first-order valence-electron chi connectivity index (χ1n) is 6.12. The van der Waals surface area contributed by atoms with E-state index in [1.54, 1.807) is 11.3 Å². The lowest BCUT2D eigenvalue weighted by Gasteiger charge is -2.26. The van der Waals surface area contributed by atoms with Gasteiger partial charge in [-0.1, -0.05) is 6.07 Å². The monoisotopic (exact) mass is 252 g/mol. The van der Waals surface area contributed by atoms with Crippen LogP contribution in [0.1, 0.15) is 22.5 Å². The zero-order chi connectivity index (χ0) is 12.3. The summed E-state index contributed by atoms with van der Waals surface area (Å²) in [6, 6.07) is 4.41. The highest BCUT2D eigenvalue weighted by molar-refractivity contribution is 7.12. The van der Waals surface area contributed by atoms with Crippen molar-refractivity contribution in [1.82, 2.24) is 9.80 Å². The zero-order valence-electron chi connectivity index (χ0n) is 10.6. The van der Waals surface area contributed by atoms with E-state index in [2.05, 4.69) is 23.9 Å². The average Bonchev–Trinajstić information content (AvgIpc) is 2.89. The van der Waals surface area contributed by atoms with Crippen molar-refractivity contribution in [2.45, 2.75) is 18.9 Å². The largest absolute Gasteiger partial charge is 0.308 e. The Morgan fingerprint density at radius 2 is 2.41 bits per heavy atom. The number of likely N-dealkylation sites (tertiary alicyclic amines) is 1. The normalized spacial score (nSPS) is 21.2. The third-order valence-corrected chi connectivity index (χ3v) is 4.13. The molecule has 0 bridgehead atoms. The molecule has 0 amide bonds. The molecule has 0 spiro atoms. The highest BCUT2D eigenvalue weighted by Gasteiger charge is 2.26. The predicted octanol–water partition coefficient (Wildman–Crippen LogP) is 1.96. The smallest absolute Gasteiger partial charge is 0.186 e. The molecule has 1 fully saturated rings. The van der Waals surface area contributed by atoms with Crippen LogP contribution in [0.2, 0.25) is 0 Å². The van der Waals surface area contributed by atoms with Gasteiger partial charge in [-0.3, -0.25) is 9.69 Å². The fourth-order valence-corrected chi connectivity index (χ4v) is 3.09. The lowest BCUT2D eigenvalue weighted by molar-refractivity contribution is 0.0914. The number of Topliss-reactive ketones (excluding diaryl/α,β-unsaturated/α-hetero) is 1. The molecule has 2 heterocycles. The number of likely N-dealkylation sites (N-methyl/N-ethyl adjacent to an activating group) is 1. The van der Waals surface area contributed by atoms with Gasteiger partial charge in [0.15, 0.2) is 5.78 Å². The van der Waals surface area contributed by atoms with Crippen LogP contribution >= 0.6 is 11.3 Å². The van der Waals surface area contributed by atoms with E-state index in [1.807, 2.05) is 17.5 Å². The Balaban J connectivity index is 1.91. The van der Waals surface area contributed by atoms with Gasteiger partial charge in [-0.05, 0) is 44.9 Å². The van der Waals surface area contributed by atoms with Crippen LogP contribution in [-0.2, 0) is 0 Å². The summed E-state index contributed by atoms with van der Waals surface area (Å²) in [6.45, 7) is 2.70. The van der Waals surface area contributed by atoms with Gasteiger partial charge in [-0.15, -0.1) is 11.3 Å². The summed E-state index contributed by atoms with van der Waals surface area (Å²) in [5, 5.41) is 1.97. The van der Waals surface area contributed by atoms with E-state index >= 15 is 0 Å². The highest BCUT2D eigenvalue weighted by Crippen LogP contribution is 2.19. The number of thiophene rings is 1. The molecule has 1 aromatic rings. The van der Waals surface area contributed by atoms with Crippen molar-refractivity contribution in [2.75, 3.05) is 33.7 Å². The van der Waals surface area contributed by atoms with Crippen LogP contribution in [0.25, 0.3) is 0 Å². The molecule has 1 unspecified atom stereocenters. The molecule has 3 nitrogen and oxygen atoms in total. The van der Waals surface area contributed by atoms with Crippen molar-refractivity contribution < 1.29 is 4.79 Å². The molecule has 0 aliphatic carbocycles. The van der Waals surface area contributed by atoms with Gasteiger partial charge in [-0.25, -0.2) is 0 Å². The van der Waals surface area contributed by atoms with Gasteiger partial charge in [0.05, 0.1) is 11.4 Å². The SMILES string of the molecule is CN(C)CC1CCCN1CC(=O)c1cccs1. The van der Waals surface area contributed by atoms with Crippen molar-refractivity contribution in [1.29, 1.82) is 0 Å². The van der Waals surface area contributed by atoms with Crippen molar-refractivity contribution >= 4 is 17.1 Å². The fourth-order valence-electron chi connectivity index (χ4n) is 2.43. The Morgan fingerprint density at radius 1 is 1.59 bits per heavy atom. The number of nitrogens with zero attached hydrogens (tertiary/aromatic N) is 2. The van der Waals surface area contributed by atoms with Crippen LogP contribution in [0.4, 0.5) is 0 Å². The average molecular weight is 252 g/mol. The maximum atomic E-state index is 12.0. The fraction of sp³-hybridized carbons (Fsp3) is 0.615. The Labute approximate surface area is 107 Å². The number of carbonyl (C=O) groups excluding carboxylic acids is 1. The molecule has 0 saturated carbocycles. The third-order valence-electron chi connectivity index (χ3n) is 3.22. The van der Waals surface area contributed by atoms with Gasteiger partial charge in [0, 0.05) is 12.6 Å². The molecule has 2 rings (SSSR count). The van der Waals surface area contributed by atoms with Gasteiger partial charge in [0.25, 0.3) is 0 Å². The first-order chi connectivity index (χ1) is 8.16. The molecular formula is C13H20N2OS. The Hall–Kier alpha value is -0.710. The van der Waals surface area contributed by atoms with E-state index in [0.717, 1.165) is 18.0 Å². The van der Waals surface area contributed by atoms with E-state index < -0.39 is 0 Å². The number of rotatable bonds is 5. The zero-order valence-corrected chi connectivity index (χ0v) is 11.4. The first-order valence-corrected chi connectivity index (χ1v) is 7.00. The standard InChI is InChI=1S/C13H20N2OS/c1-14(2)9-11-5-3-7-15(11)10-12(16)13-6-4-8-17-13/h4,6,8,11H,3,5,7,9-10H2,1-2H3. The van der Waals surface area contributed by atoms with Crippen LogP contribution in [0.15, 0.2) is 17.5 Å². The number of ketones is 1. The topological polar surface area (TPSA) is 23.6 Å². The van der Waals surface area contributed by atoms with Crippen molar-refractivity contribution in [3.05, 3.63) is 22.4 Å². The first kappa shape index (κ1) is 12.7. The van der Waals surface area contributed by atoms with Crippen LogP contribution in [0, 0.1) is 0 Å². The van der Waals surface area contributed by atoms with E-state index in [1.165, 1.54) is 12.8 Å². The van der Waals surface area contributed by atoms with Crippen molar-refractivity contribution in [3.8, 4) is 0 Å². The molecule has 1 saturated heterocycles. The Bertz CT molecular complexity index is 362. The van der Waals surface area contributed by atoms with Gasteiger partial charge < -0.3 is 4.90 Å². The molecule has 0 N–H and O–H groups in total. The van der Waals surface area contributed by atoms with Crippen molar-refractivity contribution in [2.24, 2.45) is 0 Å². The minimum atomic E-state index is 0.269. The maximum absolute atomic E-state index is 12.0. The molecule has 94 valence electrons. The number of hydrogen-bond donors (Lipinski definition) is 0. The second kappa shape index (κ2) is 5.76. The molecule has 1 aliphatic heterocycles. The van der Waals surface area contributed by atoms with Crippen molar-refractivity contribution in [3.63, 3.8) is 0 Å². The Kier molecular flexibility index (Phi) is 4.31. The third kappa shape index (κ3) is 3.37. The van der Waals surface area contributed by atoms with Gasteiger partial charge in [-0.2, -0.15) is 0 Å². The van der Waals surface area contributed by atoms with Gasteiger partial charge >= 0.3 is 0 Å². The second-order valence-corrected chi connectivity index (χ2v) is 5.88. The van der Waals surface area contributed by atoms with Crippen LogP contribution in [0.5, 0.6) is 0 Å². The molecule has 4 heteroatoms. The molecule has 1 aliphatic rings. The molecule has 1 atom stereocenters. The summed E-state index contributed by atoms with van der Waals surface area (Å²) >= 11 is 1.54. The van der Waals surface area contributed by atoms with Crippen LogP contribution in [-0.4, -0.2) is 55.4 Å². The Morgan fingerprint density at radius 3 is 3.06 bits per heavy atom. The molecule has 17 heavy (non-hydrogen) atoms. The van der Waals surface area contributed by atoms with E-state index in [4.69, 9.17) is 0 Å². The van der Waals surface area contributed by atoms with Gasteiger partial charge in [0.1, 0.15) is 0 Å². The number of carbonyl (C=O) groups is 1. The quantitative estimate of drug-likeness (QED) is 0.748. The maximum Gasteiger partial charge on any atom is 0.186 e. The summed E-state index contributed by atoms with van der Waals surface area (Å²) in [7, 11) is 4.19. The molecular weight excluding hydrogens is 232 g/mol.